The second-order valence-electron chi connectivity index (χ2n) is 6.68. The summed E-state index contributed by atoms with van der Waals surface area (Å²) in [6.07, 6.45) is 1.99. The van der Waals surface area contributed by atoms with Crippen LogP contribution in [0.4, 0.5) is 10.1 Å². The van der Waals surface area contributed by atoms with Crippen molar-refractivity contribution in [2.24, 2.45) is 0 Å². The summed E-state index contributed by atoms with van der Waals surface area (Å²) < 4.78 is 14.4. The first-order valence-corrected chi connectivity index (χ1v) is 10.1. The molecule has 0 aliphatic carbocycles. The molecule has 1 aliphatic heterocycles. The van der Waals surface area contributed by atoms with Crippen LogP contribution in [0.1, 0.15) is 33.2 Å². The number of anilines is 1. The number of rotatable bonds is 4. The maximum absolute atomic E-state index is 14.4. The molecular weight excluding hydrogens is 363 g/mol. The third-order valence-electron chi connectivity index (χ3n) is 4.94. The zero-order valence-corrected chi connectivity index (χ0v) is 16.6. The molecule has 0 aromatic heterocycles. The van der Waals surface area contributed by atoms with E-state index in [-0.39, 0.29) is 11.7 Å². The summed E-state index contributed by atoms with van der Waals surface area (Å²) in [7, 11) is 0. The van der Waals surface area contributed by atoms with Gasteiger partial charge in [0.15, 0.2) is 5.78 Å². The summed E-state index contributed by atoms with van der Waals surface area (Å²) >= 11 is 1.61. The number of nitrogens with zero attached hydrogens (tertiary/aromatic N) is 2. The number of aryl methyl sites for hydroxylation is 1. The molecule has 6 heteroatoms. The highest BCUT2D eigenvalue weighted by molar-refractivity contribution is 7.98. The fourth-order valence-corrected chi connectivity index (χ4v) is 3.70. The van der Waals surface area contributed by atoms with E-state index < -0.39 is 5.82 Å². The van der Waals surface area contributed by atoms with Crippen molar-refractivity contribution in [3.05, 3.63) is 58.9 Å². The van der Waals surface area contributed by atoms with Crippen LogP contribution >= 0.6 is 11.8 Å². The lowest BCUT2D eigenvalue weighted by Crippen LogP contribution is -2.49. The minimum absolute atomic E-state index is 0.0236. The number of hydrogen-bond acceptors (Lipinski definition) is 4. The number of halogens is 1. The number of carbonyl (C=O) groups excluding carboxylic acids is 2. The van der Waals surface area contributed by atoms with Crippen LogP contribution < -0.4 is 4.90 Å². The van der Waals surface area contributed by atoms with Gasteiger partial charge in [0.1, 0.15) is 5.82 Å². The van der Waals surface area contributed by atoms with Gasteiger partial charge in [-0.2, -0.15) is 0 Å². The van der Waals surface area contributed by atoms with Crippen LogP contribution in [-0.2, 0) is 0 Å². The van der Waals surface area contributed by atoms with E-state index in [2.05, 4.69) is 0 Å². The summed E-state index contributed by atoms with van der Waals surface area (Å²) in [5.74, 6) is -0.528. The Morgan fingerprint density at radius 1 is 1.04 bits per heavy atom. The van der Waals surface area contributed by atoms with Crippen molar-refractivity contribution in [2.75, 3.05) is 37.3 Å². The Morgan fingerprint density at radius 3 is 2.33 bits per heavy atom. The maximum Gasteiger partial charge on any atom is 0.254 e. The van der Waals surface area contributed by atoms with E-state index in [1.54, 1.807) is 23.9 Å². The molecule has 27 heavy (non-hydrogen) atoms. The molecule has 3 rings (SSSR count). The summed E-state index contributed by atoms with van der Waals surface area (Å²) in [4.78, 5) is 29.1. The van der Waals surface area contributed by atoms with E-state index in [0.717, 1.165) is 16.0 Å². The zero-order chi connectivity index (χ0) is 19.6. The molecule has 1 amide bonds. The van der Waals surface area contributed by atoms with E-state index in [1.165, 1.54) is 13.0 Å². The van der Waals surface area contributed by atoms with Crippen LogP contribution in [0.15, 0.2) is 41.3 Å². The van der Waals surface area contributed by atoms with Gasteiger partial charge in [0.05, 0.1) is 5.69 Å². The predicted octanol–water partition coefficient (Wildman–Crippen LogP) is 4.02. The lowest BCUT2D eigenvalue weighted by molar-refractivity contribution is 0.0745. The molecule has 0 N–H and O–H groups in total. The Labute approximate surface area is 163 Å². The molecule has 0 spiro atoms. The number of piperazine rings is 1. The Bertz CT molecular complexity index is 876. The largest absolute Gasteiger partial charge is 0.366 e. The third kappa shape index (κ3) is 4.16. The SMILES string of the molecule is CSc1ccc(C)c(C(=O)N2CCN(c3ccc(C(C)=O)cc3F)CC2)c1. The molecule has 2 aromatic rings. The Kier molecular flexibility index (Phi) is 5.85. The second-order valence-corrected chi connectivity index (χ2v) is 7.56. The lowest BCUT2D eigenvalue weighted by atomic mass is 10.1. The fraction of sp³-hybridized carbons (Fsp3) is 0.333. The van der Waals surface area contributed by atoms with Gasteiger partial charge < -0.3 is 9.80 Å². The highest BCUT2D eigenvalue weighted by Crippen LogP contribution is 2.24. The van der Waals surface area contributed by atoms with Crippen molar-refractivity contribution >= 4 is 29.1 Å². The first kappa shape index (κ1) is 19.4. The number of carbonyl (C=O) groups is 2. The number of Topliss-reactive ketones (excluding diaryl/α,β-unsaturated/α-hetero) is 1. The van der Waals surface area contributed by atoms with E-state index in [0.29, 0.717) is 37.4 Å². The van der Waals surface area contributed by atoms with Crippen molar-refractivity contribution < 1.29 is 14.0 Å². The Balaban J connectivity index is 1.70. The average Bonchev–Trinajstić information content (AvgIpc) is 2.68. The zero-order valence-electron chi connectivity index (χ0n) is 15.8. The highest BCUT2D eigenvalue weighted by Gasteiger charge is 2.25. The Hall–Kier alpha value is -2.34. The summed E-state index contributed by atoms with van der Waals surface area (Å²) in [6.45, 7) is 5.56. The van der Waals surface area contributed by atoms with Crippen LogP contribution in [0, 0.1) is 12.7 Å². The molecule has 0 bridgehead atoms. The summed E-state index contributed by atoms with van der Waals surface area (Å²) in [6, 6.07) is 10.5. The van der Waals surface area contributed by atoms with Crippen LogP contribution in [0.2, 0.25) is 0 Å². The normalized spacial score (nSPS) is 14.4. The molecule has 4 nitrogen and oxygen atoms in total. The smallest absolute Gasteiger partial charge is 0.254 e. The Morgan fingerprint density at radius 2 is 1.74 bits per heavy atom. The van der Waals surface area contributed by atoms with E-state index in [9.17, 15) is 14.0 Å². The minimum atomic E-state index is -0.397. The number of thioether (sulfide) groups is 1. The molecule has 1 heterocycles. The standard InChI is InChI=1S/C21H23FN2O2S/c1-14-4-6-17(27-3)13-18(14)21(26)24-10-8-23(9-11-24)20-7-5-16(15(2)25)12-19(20)22/h4-7,12-13H,8-11H2,1-3H3. The van der Waals surface area contributed by atoms with Gasteiger partial charge in [-0.1, -0.05) is 6.07 Å². The van der Waals surface area contributed by atoms with E-state index in [4.69, 9.17) is 0 Å². The van der Waals surface area contributed by atoms with Crippen molar-refractivity contribution in [3.63, 3.8) is 0 Å². The van der Waals surface area contributed by atoms with Gasteiger partial charge >= 0.3 is 0 Å². The van der Waals surface area contributed by atoms with Crippen LogP contribution in [0.5, 0.6) is 0 Å². The third-order valence-corrected chi connectivity index (χ3v) is 5.66. The van der Waals surface area contributed by atoms with Gasteiger partial charge in [0.2, 0.25) is 0 Å². The van der Waals surface area contributed by atoms with Gasteiger partial charge in [0, 0.05) is 42.2 Å². The fourth-order valence-electron chi connectivity index (χ4n) is 3.26. The van der Waals surface area contributed by atoms with Crippen LogP contribution in [0.25, 0.3) is 0 Å². The predicted molar refractivity (Wildman–Crippen MR) is 107 cm³/mol. The lowest BCUT2D eigenvalue weighted by Gasteiger charge is -2.36. The summed E-state index contributed by atoms with van der Waals surface area (Å²) in [5.41, 5.74) is 2.54. The highest BCUT2D eigenvalue weighted by atomic mass is 32.2. The molecule has 2 aromatic carbocycles. The molecule has 0 atom stereocenters. The average molecular weight is 386 g/mol. The first-order valence-electron chi connectivity index (χ1n) is 8.90. The van der Waals surface area contributed by atoms with Gasteiger partial charge in [-0.05, 0) is 56.0 Å². The van der Waals surface area contributed by atoms with Crippen molar-refractivity contribution in [3.8, 4) is 0 Å². The number of amides is 1. The second kappa shape index (κ2) is 8.13. The first-order chi connectivity index (χ1) is 12.9. The molecule has 1 saturated heterocycles. The number of ketones is 1. The number of hydrogen-bond donors (Lipinski definition) is 0. The molecule has 0 saturated carbocycles. The number of benzene rings is 2. The topological polar surface area (TPSA) is 40.6 Å². The van der Waals surface area contributed by atoms with Gasteiger partial charge in [0.25, 0.3) is 5.91 Å². The van der Waals surface area contributed by atoms with Crippen molar-refractivity contribution in [1.82, 2.24) is 4.90 Å². The van der Waals surface area contributed by atoms with Gasteiger partial charge in [-0.3, -0.25) is 9.59 Å². The minimum Gasteiger partial charge on any atom is -0.366 e. The van der Waals surface area contributed by atoms with Gasteiger partial charge in [-0.25, -0.2) is 4.39 Å². The molecule has 1 fully saturated rings. The quantitative estimate of drug-likeness (QED) is 0.588. The molecular formula is C21H23FN2O2S. The van der Waals surface area contributed by atoms with E-state index in [1.807, 2.05) is 41.2 Å². The van der Waals surface area contributed by atoms with Gasteiger partial charge in [-0.15, -0.1) is 11.8 Å². The van der Waals surface area contributed by atoms with Crippen LogP contribution in [0.3, 0.4) is 0 Å². The van der Waals surface area contributed by atoms with Crippen molar-refractivity contribution in [1.29, 1.82) is 0 Å². The monoisotopic (exact) mass is 386 g/mol. The van der Waals surface area contributed by atoms with Crippen LogP contribution in [-0.4, -0.2) is 49.0 Å². The maximum atomic E-state index is 14.4. The molecule has 142 valence electrons. The van der Waals surface area contributed by atoms with E-state index >= 15 is 0 Å². The van der Waals surface area contributed by atoms with Crippen molar-refractivity contribution in [2.45, 2.75) is 18.7 Å². The molecule has 1 aliphatic rings. The molecule has 0 unspecified atom stereocenters. The molecule has 0 radical (unpaired) electrons. The summed E-state index contributed by atoms with van der Waals surface area (Å²) in [5, 5.41) is 0.